The number of aliphatic hydroxyl groups excluding tert-OH is 1. The number of carboxylic acid groups (broad SMARTS) is 1. The minimum absolute atomic E-state index is 0.000417. The number of hydrogen-bond donors (Lipinski definition) is 2. The first kappa shape index (κ1) is 11.7. The standard InChI is InChI=1S/C10H7ClO6/c11-6-1-4(7(13)10(14)15)8-9(5(6)2-12)17-3-16-8/h1-2,7,13H,3H2,(H,14,15). The summed E-state index contributed by atoms with van der Waals surface area (Å²) in [6.07, 6.45) is -1.31. The number of aliphatic hydroxyl groups is 1. The molecule has 0 amide bonds. The number of aliphatic carboxylic acids is 1. The van der Waals surface area contributed by atoms with Crippen LogP contribution in [0.1, 0.15) is 22.0 Å². The molecule has 90 valence electrons. The van der Waals surface area contributed by atoms with Crippen molar-refractivity contribution in [1.82, 2.24) is 0 Å². The number of aldehydes is 1. The lowest BCUT2D eigenvalue weighted by Crippen LogP contribution is -2.11. The Balaban J connectivity index is 2.63. The molecule has 1 heterocycles. The predicted molar refractivity (Wildman–Crippen MR) is 55.6 cm³/mol. The van der Waals surface area contributed by atoms with Crippen LogP contribution in [0.2, 0.25) is 5.02 Å². The Kier molecular flexibility index (Phi) is 2.91. The van der Waals surface area contributed by atoms with E-state index >= 15 is 0 Å². The van der Waals surface area contributed by atoms with Gasteiger partial charge < -0.3 is 19.7 Å². The summed E-state index contributed by atoms with van der Waals surface area (Å²) < 4.78 is 10.1. The van der Waals surface area contributed by atoms with E-state index in [4.69, 9.17) is 26.2 Å². The lowest BCUT2D eigenvalue weighted by molar-refractivity contribution is -0.147. The summed E-state index contributed by atoms with van der Waals surface area (Å²) in [5.41, 5.74) is 0.0288. The lowest BCUT2D eigenvalue weighted by atomic mass is 10.0. The number of carbonyl (C=O) groups is 2. The summed E-state index contributed by atoms with van der Waals surface area (Å²) in [6, 6.07) is 1.18. The molecule has 17 heavy (non-hydrogen) atoms. The van der Waals surface area contributed by atoms with E-state index in [2.05, 4.69) is 0 Å². The van der Waals surface area contributed by atoms with Crippen molar-refractivity contribution in [3.8, 4) is 11.5 Å². The molecule has 1 aromatic rings. The zero-order valence-electron chi connectivity index (χ0n) is 8.34. The zero-order valence-corrected chi connectivity index (χ0v) is 9.10. The maximum absolute atomic E-state index is 10.8. The molecule has 1 aliphatic heterocycles. The Morgan fingerprint density at radius 3 is 2.71 bits per heavy atom. The number of halogens is 1. The van der Waals surface area contributed by atoms with Crippen molar-refractivity contribution in [1.29, 1.82) is 0 Å². The fourth-order valence-corrected chi connectivity index (χ4v) is 1.78. The van der Waals surface area contributed by atoms with E-state index in [1.807, 2.05) is 0 Å². The van der Waals surface area contributed by atoms with Crippen molar-refractivity contribution >= 4 is 23.9 Å². The first-order valence-corrected chi connectivity index (χ1v) is 4.92. The molecule has 0 fully saturated rings. The van der Waals surface area contributed by atoms with Crippen molar-refractivity contribution in [2.24, 2.45) is 0 Å². The maximum Gasteiger partial charge on any atom is 0.337 e. The number of hydrogen-bond acceptors (Lipinski definition) is 5. The molecule has 0 aliphatic carbocycles. The Morgan fingerprint density at radius 1 is 1.47 bits per heavy atom. The van der Waals surface area contributed by atoms with E-state index < -0.39 is 12.1 Å². The summed E-state index contributed by atoms with van der Waals surface area (Å²) in [6.45, 7) is -0.157. The van der Waals surface area contributed by atoms with E-state index in [0.29, 0.717) is 6.29 Å². The fourth-order valence-electron chi connectivity index (χ4n) is 1.53. The largest absolute Gasteiger partial charge is 0.479 e. The van der Waals surface area contributed by atoms with Crippen LogP contribution in [-0.4, -0.2) is 29.3 Å². The second-order valence-corrected chi connectivity index (χ2v) is 3.69. The van der Waals surface area contributed by atoms with Gasteiger partial charge in [-0.1, -0.05) is 11.6 Å². The molecule has 2 rings (SSSR count). The lowest BCUT2D eigenvalue weighted by Gasteiger charge is -2.11. The average molecular weight is 259 g/mol. The van der Waals surface area contributed by atoms with Gasteiger partial charge in [-0.3, -0.25) is 4.79 Å². The Morgan fingerprint density at radius 2 is 2.12 bits per heavy atom. The number of carboxylic acids is 1. The number of benzene rings is 1. The number of carbonyl (C=O) groups excluding carboxylic acids is 1. The number of fused-ring (bicyclic) bond motifs is 1. The predicted octanol–water partition coefficient (Wildman–Crippen LogP) is 0.999. The van der Waals surface area contributed by atoms with E-state index in [-0.39, 0.29) is 34.4 Å². The van der Waals surface area contributed by atoms with Gasteiger partial charge in [-0.15, -0.1) is 0 Å². The molecular weight excluding hydrogens is 252 g/mol. The molecule has 7 heteroatoms. The summed E-state index contributed by atoms with van der Waals surface area (Å²) >= 11 is 5.79. The van der Waals surface area contributed by atoms with Crippen LogP contribution in [0.25, 0.3) is 0 Å². The fraction of sp³-hybridized carbons (Fsp3) is 0.200. The summed E-state index contributed by atoms with van der Waals surface area (Å²) in [5.74, 6) is -1.35. The van der Waals surface area contributed by atoms with Crippen molar-refractivity contribution in [3.05, 3.63) is 22.2 Å². The average Bonchev–Trinajstić information content (AvgIpc) is 2.75. The van der Waals surface area contributed by atoms with Gasteiger partial charge in [-0.2, -0.15) is 0 Å². The van der Waals surface area contributed by atoms with Crippen LogP contribution in [-0.2, 0) is 4.79 Å². The summed E-state index contributed by atoms with van der Waals surface area (Å²) in [5, 5.41) is 18.2. The van der Waals surface area contributed by atoms with Crippen molar-refractivity contribution in [3.63, 3.8) is 0 Å². The first-order valence-electron chi connectivity index (χ1n) is 4.54. The summed E-state index contributed by atoms with van der Waals surface area (Å²) in [7, 11) is 0. The molecule has 0 bridgehead atoms. The third-order valence-corrected chi connectivity index (χ3v) is 2.62. The monoisotopic (exact) mass is 258 g/mol. The van der Waals surface area contributed by atoms with E-state index in [1.54, 1.807) is 0 Å². The molecule has 1 unspecified atom stereocenters. The zero-order chi connectivity index (χ0) is 12.6. The smallest absolute Gasteiger partial charge is 0.337 e. The van der Waals surface area contributed by atoms with Gasteiger partial charge in [0.05, 0.1) is 10.6 Å². The second-order valence-electron chi connectivity index (χ2n) is 3.28. The molecule has 0 radical (unpaired) electrons. The minimum Gasteiger partial charge on any atom is -0.479 e. The first-order chi connectivity index (χ1) is 8.06. The highest BCUT2D eigenvalue weighted by molar-refractivity contribution is 6.33. The number of ether oxygens (including phenoxy) is 2. The minimum atomic E-state index is -1.79. The third-order valence-electron chi connectivity index (χ3n) is 2.31. The van der Waals surface area contributed by atoms with Gasteiger partial charge in [-0.05, 0) is 6.07 Å². The van der Waals surface area contributed by atoms with Crippen LogP contribution < -0.4 is 9.47 Å². The van der Waals surface area contributed by atoms with Crippen molar-refractivity contribution in [2.75, 3.05) is 6.79 Å². The highest BCUT2D eigenvalue weighted by Crippen LogP contribution is 2.44. The van der Waals surface area contributed by atoms with Gasteiger partial charge >= 0.3 is 5.97 Å². The molecule has 0 spiro atoms. The molecule has 0 aromatic heterocycles. The molecule has 6 nitrogen and oxygen atoms in total. The molecule has 1 aliphatic rings. The van der Waals surface area contributed by atoms with E-state index in [9.17, 15) is 14.7 Å². The highest BCUT2D eigenvalue weighted by atomic mass is 35.5. The van der Waals surface area contributed by atoms with Gasteiger partial charge in [0.1, 0.15) is 0 Å². The Hall–Kier alpha value is -1.79. The molecule has 1 aromatic carbocycles. The quantitative estimate of drug-likeness (QED) is 0.786. The van der Waals surface area contributed by atoms with Gasteiger partial charge in [0.25, 0.3) is 0 Å². The van der Waals surface area contributed by atoms with E-state index in [1.165, 1.54) is 6.07 Å². The Labute approximate surface area is 100 Å². The van der Waals surface area contributed by atoms with Crippen LogP contribution in [0.4, 0.5) is 0 Å². The molecule has 0 saturated carbocycles. The summed E-state index contributed by atoms with van der Waals surface area (Å²) in [4.78, 5) is 21.5. The molecule has 0 saturated heterocycles. The normalized spacial score (nSPS) is 14.5. The van der Waals surface area contributed by atoms with Crippen molar-refractivity contribution in [2.45, 2.75) is 6.10 Å². The van der Waals surface area contributed by atoms with Crippen LogP contribution in [0.15, 0.2) is 6.07 Å². The van der Waals surface area contributed by atoms with Crippen molar-refractivity contribution < 1.29 is 29.3 Å². The van der Waals surface area contributed by atoms with Gasteiger partial charge in [0, 0.05) is 5.56 Å². The van der Waals surface area contributed by atoms with Crippen LogP contribution in [0, 0.1) is 0 Å². The van der Waals surface area contributed by atoms with Crippen LogP contribution in [0.3, 0.4) is 0 Å². The van der Waals surface area contributed by atoms with Gasteiger partial charge in [-0.25, -0.2) is 4.79 Å². The maximum atomic E-state index is 10.8. The van der Waals surface area contributed by atoms with Gasteiger partial charge in [0.2, 0.25) is 6.79 Å². The second kappa shape index (κ2) is 4.23. The topological polar surface area (TPSA) is 93.1 Å². The van der Waals surface area contributed by atoms with Crippen LogP contribution >= 0.6 is 11.6 Å². The van der Waals surface area contributed by atoms with Gasteiger partial charge in [0.15, 0.2) is 23.9 Å². The number of rotatable bonds is 3. The van der Waals surface area contributed by atoms with Crippen LogP contribution in [0.5, 0.6) is 11.5 Å². The molecular formula is C10H7ClO6. The highest BCUT2D eigenvalue weighted by Gasteiger charge is 2.30. The third kappa shape index (κ3) is 1.81. The molecule has 2 N–H and O–H groups in total. The van der Waals surface area contributed by atoms with E-state index in [0.717, 1.165) is 0 Å². The Bertz CT molecular complexity index is 498. The molecule has 1 atom stereocenters. The SMILES string of the molecule is O=Cc1c(Cl)cc(C(O)C(=O)O)c2c1OCO2.